The summed E-state index contributed by atoms with van der Waals surface area (Å²) in [6.45, 7) is 8.78. The molecule has 0 atom stereocenters. The third-order valence-corrected chi connectivity index (χ3v) is 3.02. The Morgan fingerprint density at radius 1 is 1.36 bits per heavy atom. The quantitative estimate of drug-likeness (QED) is 0.544. The number of allylic oxidation sites excluding steroid dienone is 4. The van der Waals surface area contributed by atoms with E-state index in [2.05, 4.69) is 38.7 Å². The summed E-state index contributed by atoms with van der Waals surface area (Å²) in [5.74, 6) is 5.88. The fraction of sp³-hybridized carbons (Fsp3) is 0.571. The van der Waals surface area contributed by atoms with E-state index in [4.69, 9.17) is 0 Å². The summed E-state index contributed by atoms with van der Waals surface area (Å²) in [6.07, 6.45) is 8.05. The van der Waals surface area contributed by atoms with E-state index in [1.54, 1.807) is 0 Å². The molecule has 1 aliphatic carbocycles. The number of hydrogen-bond acceptors (Lipinski definition) is 0. The van der Waals surface area contributed by atoms with Gasteiger partial charge in [-0.15, -0.1) is 5.92 Å². The molecular weight excluding hydrogens is 168 g/mol. The maximum absolute atomic E-state index is 2.99. The summed E-state index contributed by atoms with van der Waals surface area (Å²) in [6, 6.07) is 0. The Bertz CT molecular complexity index is 316. The van der Waals surface area contributed by atoms with Gasteiger partial charge in [0.2, 0.25) is 0 Å². The number of rotatable bonds is 1. The van der Waals surface area contributed by atoms with Crippen molar-refractivity contribution in [3.8, 4) is 11.8 Å². The van der Waals surface area contributed by atoms with Crippen LogP contribution in [0.25, 0.3) is 0 Å². The van der Waals surface area contributed by atoms with E-state index in [1.165, 1.54) is 30.4 Å². The average molecular weight is 188 g/mol. The van der Waals surface area contributed by atoms with Crippen LogP contribution in [0.4, 0.5) is 0 Å². The van der Waals surface area contributed by atoms with Crippen molar-refractivity contribution < 1.29 is 0 Å². The van der Waals surface area contributed by atoms with Gasteiger partial charge in [-0.3, -0.25) is 0 Å². The topological polar surface area (TPSA) is 0 Å². The minimum Gasteiger partial charge on any atom is -0.102 e. The Balaban J connectivity index is 2.94. The van der Waals surface area contributed by atoms with Crippen molar-refractivity contribution >= 4 is 0 Å². The molecule has 0 aromatic carbocycles. The predicted octanol–water partition coefficient (Wildman–Crippen LogP) is 4.09. The van der Waals surface area contributed by atoms with Crippen LogP contribution < -0.4 is 0 Å². The average Bonchev–Trinajstić information content (AvgIpc) is 2.09. The Kier molecular flexibility index (Phi) is 3.58. The van der Waals surface area contributed by atoms with Crippen LogP contribution in [0.2, 0.25) is 0 Å². The van der Waals surface area contributed by atoms with E-state index < -0.39 is 0 Å². The Morgan fingerprint density at radius 3 is 2.64 bits per heavy atom. The van der Waals surface area contributed by atoms with Crippen molar-refractivity contribution in [1.29, 1.82) is 0 Å². The fourth-order valence-electron chi connectivity index (χ4n) is 2.22. The Morgan fingerprint density at radius 2 is 2.07 bits per heavy atom. The second kappa shape index (κ2) is 4.51. The smallest absolute Gasteiger partial charge is 0.00235 e. The molecule has 14 heavy (non-hydrogen) atoms. The first kappa shape index (κ1) is 11.1. The van der Waals surface area contributed by atoms with Crippen LogP contribution in [0.1, 0.15) is 47.0 Å². The van der Waals surface area contributed by atoms with Crippen LogP contribution in [-0.4, -0.2) is 0 Å². The Labute approximate surface area is 88.1 Å². The molecule has 0 saturated carbocycles. The molecule has 0 spiro atoms. The largest absolute Gasteiger partial charge is 0.102 e. The van der Waals surface area contributed by atoms with Crippen molar-refractivity contribution in [2.45, 2.75) is 47.0 Å². The van der Waals surface area contributed by atoms with Gasteiger partial charge in [0.15, 0.2) is 0 Å². The van der Waals surface area contributed by atoms with Crippen LogP contribution in [0.3, 0.4) is 0 Å². The van der Waals surface area contributed by atoms with E-state index in [-0.39, 0.29) is 0 Å². The van der Waals surface area contributed by atoms with Crippen LogP contribution in [0.5, 0.6) is 0 Å². The first-order valence-corrected chi connectivity index (χ1v) is 5.37. The van der Waals surface area contributed by atoms with Gasteiger partial charge in [-0.1, -0.05) is 31.4 Å². The highest BCUT2D eigenvalue weighted by Gasteiger charge is 2.26. The zero-order valence-electron chi connectivity index (χ0n) is 9.78. The van der Waals surface area contributed by atoms with Crippen LogP contribution >= 0.6 is 0 Å². The lowest BCUT2D eigenvalue weighted by molar-refractivity contribution is 0.377. The lowest BCUT2D eigenvalue weighted by atomic mass is 9.73. The zero-order chi connectivity index (χ0) is 10.6. The van der Waals surface area contributed by atoms with E-state index >= 15 is 0 Å². The van der Waals surface area contributed by atoms with Crippen LogP contribution in [0, 0.1) is 17.3 Å². The highest BCUT2D eigenvalue weighted by molar-refractivity contribution is 5.35. The van der Waals surface area contributed by atoms with Crippen molar-refractivity contribution in [2.24, 2.45) is 5.41 Å². The standard InChI is InChI=1S/C14H20/c1-5-6-7-10-13-12(2)9-8-11-14(13,3)4/h7,10H,8-9,11H2,1-4H3/b10-7+. The minimum atomic E-state index is 0.342. The molecule has 0 fully saturated rings. The van der Waals surface area contributed by atoms with Crippen molar-refractivity contribution in [2.75, 3.05) is 0 Å². The highest BCUT2D eigenvalue weighted by atomic mass is 14.3. The maximum Gasteiger partial charge on any atom is -0.00235 e. The second-order valence-electron chi connectivity index (χ2n) is 4.66. The summed E-state index contributed by atoms with van der Waals surface area (Å²) in [5, 5.41) is 0. The molecule has 0 aliphatic heterocycles. The molecule has 0 nitrogen and oxygen atoms in total. The molecule has 0 amide bonds. The van der Waals surface area contributed by atoms with Gasteiger partial charge in [-0.25, -0.2) is 0 Å². The first-order valence-electron chi connectivity index (χ1n) is 5.37. The number of hydrogen-bond donors (Lipinski definition) is 0. The van der Waals surface area contributed by atoms with Crippen molar-refractivity contribution in [3.05, 3.63) is 23.3 Å². The summed E-state index contributed by atoms with van der Waals surface area (Å²) < 4.78 is 0. The van der Waals surface area contributed by atoms with Crippen LogP contribution in [-0.2, 0) is 0 Å². The van der Waals surface area contributed by atoms with Gasteiger partial charge in [0.1, 0.15) is 0 Å². The van der Waals surface area contributed by atoms with Gasteiger partial charge in [-0.2, -0.15) is 0 Å². The fourth-order valence-corrected chi connectivity index (χ4v) is 2.22. The van der Waals surface area contributed by atoms with Crippen molar-refractivity contribution in [3.63, 3.8) is 0 Å². The Hall–Kier alpha value is -0.960. The molecular formula is C14H20. The predicted molar refractivity (Wildman–Crippen MR) is 62.9 cm³/mol. The third kappa shape index (κ3) is 2.51. The molecule has 0 radical (unpaired) electrons. The lowest BCUT2D eigenvalue weighted by Crippen LogP contribution is -2.18. The molecule has 0 saturated heterocycles. The van der Waals surface area contributed by atoms with Gasteiger partial charge in [-0.05, 0) is 50.2 Å². The monoisotopic (exact) mass is 188 g/mol. The van der Waals surface area contributed by atoms with E-state index in [0.29, 0.717) is 5.41 Å². The zero-order valence-corrected chi connectivity index (χ0v) is 9.78. The van der Waals surface area contributed by atoms with Gasteiger partial charge in [0, 0.05) is 0 Å². The summed E-state index contributed by atoms with van der Waals surface area (Å²) >= 11 is 0. The van der Waals surface area contributed by atoms with E-state index in [1.807, 2.05) is 13.0 Å². The molecule has 1 rings (SSSR count). The van der Waals surface area contributed by atoms with Gasteiger partial charge >= 0.3 is 0 Å². The summed E-state index contributed by atoms with van der Waals surface area (Å²) in [5.41, 5.74) is 3.37. The molecule has 0 heteroatoms. The van der Waals surface area contributed by atoms with Gasteiger partial charge in [0.05, 0.1) is 0 Å². The first-order chi connectivity index (χ1) is 6.58. The van der Waals surface area contributed by atoms with Crippen LogP contribution in [0.15, 0.2) is 23.3 Å². The highest BCUT2D eigenvalue weighted by Crippen LogP contribution is 2.40. The molecule has 1 aliphatic rings. The molecule has 0 unspecified atom stereocenters. The second-order valence-corrected chi connectivity index (χ2v) is 4.66. The summed E-state index contributed by atoms with van der Waals surface area (Å²) in [4.78, 5) is 0. The molecule has 0 heterocycles. The molecule has 0 bridgehead atoms. The van der Waals surface area contributed by atoms with E-state index in [9.17, 15) is 0 Å². The van der Waals surface area contributed by atoms with Gasteiger partial charge < -0.3 is 0 Å². The maximum atomic E-state index is 2.99. The van der Waals surface area contributed by atoms with E-state index in [0.717, 1.165) is 0 Å². The molecule has 76 valence electrons. The normalized spacial score (nSPS) is 20.9. The molecule has 0 aromatic heterocycles. The third-order valence-electron chi connectivity index (χ3n) is 3.02. The molecule has 0 aromatic rings. The van der Waals surface area contributed by atoms with Crippen molar-refractivity contribution in [1.82, 2.24) is 0 Å². The summed E-state index contributed by atoms with van der Waals surface area (Å²) in [7, 11) is 0. The molecule has 0 N–H and O–H groups in total. The minimum absolute atomic E-state index is 0.342. The SMILES string of the molecule is CC#C/C=C/C1=C(C)CCCC1(C)C. The van der Waals surface area contributed by atoms with Gasteiger partial charge in [0.25, 0.3) is 0 Å². The lowest BCUT2D eigenvalue weighted by Gasteiger charge is -2.32.